The molecule has 0 heterocycles. The van der Waals surface area contributed by atoms with Gasteiger partial charge in [-0.3, -0.25) is 4.79 Å². The molecule has 0 amide bonds. The first kappa shape index (κ1) is 23.0. The zero-order valence-electron chi connectivity index (χ0n) is 17.5. The van der Waals surface area contributed by atoms with Crippen LogP contribution >= 0.6 is 0 Å². The Labute approximate surface area is 175 Å². The van der Waals surface area contributed by atoms with Crippen LogP contribution in [0.3, 0.4) is 0 Å². The fourth-order valence-corrected chi connectivity index (χ4v) is 2.83. The van der Waals surface area contributed by atoms with Gasteiger partial charge < -0.3 is 14.7 Å². The summed E-state index contributed by atoms with van der Waals surface area (Å²) >= 11 is 0. The number of aliphatic hydroxyl groups is 1. The van der Waals surface area contributed by atoms with Crippen molar-refractivity contribution < 1.29 is 29.1 Å². The number of ketones is 1. The molecule has 0 aromatic heterocycles. The van der Waals surface area contributed by atoms with Gasteiger partial charge in [0.1, 0.15) is 12.3 Å². The van der Waals surface area contributed by atoms with E-state index >= 15 is 0 Å². The van der Waals surface area contributed by atoms with E-state index in [2.05, 4.69) is 9.99 Å². The Hall–Kier alpha value is -3.32. The van der Waals surface area contributed by atoms with Gasteiger partial charge in [-0.1, -0.05) is 55.4 Å². The Balaban J connectivity index is 2.18. The highest BCUT2D eigenvalue weighted by atomic mass is 16.7. The molecule has 0 saturated carbocycles. The molecule has 0 spiro atoms. The lowest BCUT2D eigenvalue weighted by atomic mass is 9.77. The fraction of sp³-hybridized carbons (Fsp3) is 0.304. The smallest absolute Gasteiger partial charge is 0.338 e. The second-order valence-electron chi connectivity index (χ2n) is 7.23. The maximum Gasteiger partial charge on any atom is 0.338 e. The van der Waals surface area contributed by atoms with Crippen LogP contribution in [0.4, 0.5) is 0 Å². The van der Waals surface area contributed by atoms with Gasteiger partial charge in [0.25, 0.3) is 0 Å². The van der Waals surface area contributed by atoms with Crippen LogP contribution in [0.5, 0.6) is 0 Å². The number of benzene rings is 2. The fourth-order valence-electron chi connectivity index (χ4n) is 2.83. The summed E-state index contributed by atoms with van der Waals surface area (Å²) < 4.78 is 4.91. The van der Waals surface area contributed by atoms with Gasteiger partial charge in [-0.15, -0.1) is 0 Å². The van der Waals surface area contributed by atoms with E-state index in [-0.39, 0.29) is 30.1 Å². The van der Waals surface area contributed by atoms with Crippen LogP contribution in [-0.4, -0.2) is 41.8 Å². The Kier molecular flexibility index (Phi) is 7.60. The topological polar surface area (TPSA) is 102 Å². The van der Waals surface area contributed by atoms with Crippen molar-refractivity contribution in [3.05, 3.63) is 70.8 Å². The molecule has 0 saturated heterocycles. The van der Waals surface area contributed by atoms with E-state index in [1.165, 1.54) is 13.8 Å². The predicted molar refractivity (Wildman–Crippen MR) is 112 cm³/mol. The Bertz CT molecular complexity index is 943. The van der Waals surface area contributed by atoms with E-state index in [9.17, 15) is 14.4 Å². The van der Waals surface area contributed by atoms with Gasteiger partial charge in [0, 0.05) is 17.9 Å². The van der Waals surface area contributed by atoms with E-state index in [4.69, 9.17) is 9.84 Å². The van der Waals surface area contributed by atoms with E-state index in [1.807, 2.05) is 38.1 Å². The average molecular weight is 411 g/mol. The zero-order chi connectivity index (χ0) is 22.3. The molecular formula is C23H25NO6. The van der Waals surface area contributed by atoms with Crippen LogP contribution in [-0.2, 0) is 19.8 Å². The summed E-state index contributed by atoms with van der Waals surface area (Å²) in [5.41, 5.74) is 2.50. The number of nitrogens with zero attached hydrogens (tertiary/aromatic N) is 1. The summed E-state index contributed by atoms with van der Waals surface area (Å²) in [6.45, 7) is 6.51. The molecule has 158 valence electrons. The summed E-state index contributed by atoms with van der Waals surface area (Å²) in [5, 5.41) is 12.3. The van der Waals surface area contributed by atoms with Crippen LogP contribution < -0.4 is 0 Å². The van der Waals surface area contributed by atoms with Crippen LogP contribution in [0, 0.1) is 0 Å². The lowest BCUT2D eigenvalue weighted by Crippen LogP contribution is -2.20. The number of esters is 1. The van der Waals surface area contributed by atoms with Crippen molar-refractivity contribution in [2.75, 3.05) is 13.2 Å². The molecule has 0 aliphatic heterocycles. The van der Waals surface area contributed by atoms with Crippen molar-refractivity contribution in [2.24, 2.45) is 5.16 Å². The van der Waals surface area contributed by atoms with Crippen molar-refractivity contribution in [1.82, 2.24) is 0 Å². The number of hydrogen-bond donors (Lipinski definition) is 1. The molecular weight excluding hydrogens is 386 g/mol. The summed E-state index contributed by atoms with van der Waals surface area (Å²) in [6.07, 6.45) is 0. The predicted octanol–water partition coefficient (Wildman–Crippen LogP) is 3.28. The standard InChI is InChI=1S/C23H25NO6/c1-15(24-30-16(2)26)21(27)17-5-9-19(10-6-17)23(3,4)20-11-7-18(8-12-20)22(28)29-14-13-25/h5-12,25H,13-14H2,1-4H3. The lowest BCUT2D eigenvalue weighted by Gasteiger charge is -2.26. The monoisotopic (exact) mass is 411 g/mol. The number of hydrogen-bond acceptors (Lipinski definition) is 7. The maximum atomic E-state index is 12.4. The highest BCUT2D eigenvalue weighted by molar-refractivity contribution is 6.45. The zero-order valence-corrected chi connectivity index (χ0v) is 17.5. The van der Waals surface area contributed by atoms with Crippen LogP contribution in [0.1, 0.15) is 59.5 Å². The minimum atomic E-state index is -0.591. The lowest BCUT2D eigenvalue weighted by molar-refractivity contribution is -0.140. The van der Waals surface area contributed by atoms with Gasteiger partial charge in [0.15, 0.2) is 0 Å². The third-order valence-corrected chi connectivity index (χ3v) is 4.68. The number of oxime groups is 1. The maximum absolute atomic E-state index is 12.4. The van der Waals surface area contributed by atoms with E-state index in [1.54, 1.807) is 24.3 Å². The molecule has 7 nitrogen and oxygen atoms in total. The van der Waals surface area contributed by atoms with Crippen molar-refractivity contribution in [2.45, 2.75) is 33.1 Å². The van der Waals surface area contributed by atoms with Gasteiger partial charge >= 0.3 is 11.9 Å². The molecule has 2 aromatic carbocycles. The molecule has 0 radical (unpaired) electrons. The minimum absolute atomic E-state index is 0.0395. The van der Waals surface area contributed by atoms with Crippen molar-refractivity contribution >= 4 is 23.4 Å². The first-order valence-corrected chi connectivity index (χ1v) is 9.42. The van der Waals surface area contributed by atoms with Crippen LogP contribution in [0.25, 0.3) is 0 Å². The van der Waals surface area contributed by atoms with E-state index in [0.717, 1.165) is 11.1 Å². The SMILES string of the molecule is CC(=O)ON=C(C)C(=O)c1ccc(C(C)(C)c2ccc(C(=O)OCCO)cc2)cc1. The summed E-state index contributed by atoms with van der Waals surface area (Å²) in [6, 6.07) is 14.2. The number of carbonyl (C=O) groups is 3. The molecule has 0 aliphatic rings. The Morgan fingerprint density at radius 2 is 1.40 bits per heavy atom. The minimum Gasteiger partial charge on any atom is -0.460 e. The van der Waals surface area contributed by atoms with Crippen LogP contribution in [0.2, 0.25) is 0 Å². The molecule has 0 fully saturated rings. The summed E-state index contributed by atoms with van der Waals surface area (Å²) in [4.78, 5) is 39.6. The highest BCUT2D eigenvalue weighted by Crippen LogP contribution is 2.32. The van der Waals surface area contributed by atoms with Gasteiger partial charge in [-0.2, -0.15) is 0 Å². The number of carbonyl (C=O) groups excluding carboxylic acids is 3. The van der Waals surface area contributed by atoms with Crippen molar-refractivity contribution in [1.29, 1.82) is 0 Å². The number of aliphatic hydroxyl groups excluding tert-OH is 1. The Morgan fingerprint density at radius 1 is 0.900 bits per heavy atom. The quantitative estimate of drug-likeness (QED) is 0.235. The average Bonchev–Trinajstić information content (AvgIpc) is 2.75. The van der Waals surface area contributed by atoms with Gasteiger partial charge in [0.05, 0.1) is 12.2 Å². The van der Waals surface area contributed by atoms with Crippen molar-refractivity contribution in [3.8, 4) is 0 Å². The van der Waals surface area contributed by atoms with Gasteiger partial charge in [-0.05, 0) is 30.2 Å². The largest absolute Gasteiger partial charge is 0.460 e. The van der Waals surface area contributed by atoms with Crippen molar-refractivity contribution in [3.63, 3.8) is 0 Å². The second kappa shape index (κ2) is 9.93. The first-order valence-electron chi connectivity index (χ1n) is 9.42. The van der Waals surface area contributed by atoms with Gasteiger partial charge in [0.2, 0.25) is 5.78 Å². The summed E-state index contributed by atoms with van der Waals surface area (Å²) in [7, 11) is 0. The highest BCUT2D eigenvalue weighted by Gasteiger charge is 2.24. The molecule has 30 heavy (non-hydrogen) atoms. The number of ether oxygens (including phenoxy) is 1. The van der Waals surface area contributed by atoms with E-state index < -0.39 is 11.9 Å². The second-order valence-corrected chi connectivity index (χ2v) is 7.23. The number of Topliss-reactive ketones (excluding diaryl/α,β-unsaturated/α-hetero) is 1. The third kappa shape index (κ3) is 5.61. The molecule has 0 atom stereocenters. The van der Waals surface area contributed by atoms with Gasteiger partial charge in [-0.25, -0.2) is 9.59 Å². The molecule has 2 rings (SSSR count). The first-order chi connectivity index (χ1) is 14.2. The molecule has 0 aliphatic carbocycles. The number of rotatable bonds is 8. The molecule has 0 bridgehead atoms. The summed E-state index contributed by atoms with van der Waals surface area (Å²) in [5.74, 6) is -1.40. The molecule has 1 N–H and O–H groups in total. The molecule has 2 aromatic rings. The van der Waals surface area contributed by atoms with Crippen LogP contribution in [0.15, 0.2) is 53.7 Å². The molecule has 0 unspecified atom stereocenters. The third-order valence-electron chi connectivity index (χ3n) is 4.68. The Morgan fingerprint density at radius 3 is 1.87 bits per heavy atom. The normalized spacial score (nSPS) is 11.7. The van der Waals surface area contributed by atoms with E-state index in [0.29, 0.717) is 11.1 Å². The molecule has 7 heteroatoms.